The summed E-state index contributed by atoms with van der Waals surface area (Å²) in [7, 11) is 4.20. The smallest absolute Gasteiger partial charge is 0.209 e. The van der Waals surface area contributed by atoms with Crippen molar-refractivity contribution in [1.82, 2.24) is 19.9 Å². The van der Waals surface area contributed by atoms with Gasteiger partial charge >= 0.3 is 0 Å². The van der Waals surface area contributed by atoms with Gasteiger partial charge in [0, 0.05) is 31.9 Å². The van der Waals surface area contributed by atoms with Crippen LogP contribution in [0.25, 0.3) is 0 Å². The highest BCUT2D eigenvalue weighted by molar-refractivity contribution is 5.81. The fourth-order valence-electron chi connectivity index (χ4n) is 4.48. The second-order valence-corrected chi connectivity index (χ2v) is 8.15. The molecule has 2 aromatic carbocycles. The number of rotatable bonds is 4. The summed E-state index contributed by atoms with van der Waals surface area (Å²) in [5.74, 6) is 1.73. The fraction of sp³-hybridized carbons (Fsp3) is 0.217. The minimum absolute atomic E-state index is 0.719. The number of anilines is 6. The summed E-state index contributed by atoms with van der Waals surface area (Å²) in [6, 6.07) is 16.8. The predicted molar refractivity (Wildman–Crippen MR) is 124 cm³/mol. The van der Waals surface area contributed by atoms with Crippen LogP contribution in [-0.4, -0.2) is 47.4 Å². The lowest BCUT2D eigenvalue weighted by Crippen LogP contribution is -2.24. The van der Waals surface area contributed by atoms with Crippen molar-refractivity contribution < 1.29 is 0 Å². The van der Waals surface area contributed by atoms with Gasteiger partial charge in [-0.05, 0) is 24.3 Å². The van der Waals surface area contributed by atoms with E-state index >= 15 is 0 Å². The fourth-order valence-corrected chi connectivity index (χ4v) is 4.48. The van der Waals surface area contributed by atoms with E-state index in [9.17, 15) is 0 Å². The molecule has 0 spiro atoms. The maximum atomic E-state index is 4.64. The molecule has 4 aromatic rings. The summed E-state index contributed by atoms with van der Waals surface area (Å²) in [4.78, 5) is 25.1. The lowest BCUT2D eigenvalue weighted by molar-refractivity contribution is 0.912. The van der Waals surface area contributed by atoms with Gasteiger partial charge in [0.25, 0.3) is 0 Å². The van der Waals surface area contributed by atoms with Gasteiger partial charge in [-0.2, -0.15) is 0 Å². The van der Waals surface area contributed by atoms with Crippen LogP contribution >= 0.6 is 0 Å². The molecule has 0 amide bonds. The predicted octanol–water partition coefficient (Wildman–Crippen LogP) is 3.81. The molecule has 156 valence electrons. The highest BCUT2D eigenvalue weighted by atomic mass is 15.4. The summed E-state index contributed by atoms with van der Waals surface area (Å²) in [6.45, 7) is 1.56. The molecule has 2 aliphatic heterocycles. The van der Waals surface area contributed by atoms with Crippen LogP contribution in [0.1, 0.15) is 11.4 Å². The van der Waals surface area contributed by atoms with Gasteiger partial charge in [-0.1, -0.05) is 24.3 Å². The SMILES string of the molecule is CN1CN(c2ncc(Cc3cnc(N4CN(C)c5ccccc54)[nH]3)[nH]2)c2ccccc21. The average Bonchev–Trinajstić information content (AvgIpc) is 3.56. The molecule has 0 radical (unpaired) electrons. The van der Waals surface area contributed by atoms with E-state index in [0.29, 0.717) is 0 Å². The number of hydrogen-bond acceptors (Lipinski definition) is 6. The molecule has 0 unspecified atom stereocenters. The van der Waals surface area contributed by atoms with Crippen molar-refractivity contribution in [2.45, 2.75) is 6.42 Å². The Bertz CT molecular complexity index is 1150. The number of benzene rings is 2. The number of fused-ring (bicyclic) bond motifs is 2. The van der Waals surface area contributed by atoms with Crippen molar-refractivity contribution in [3.8, 4) is 0 Å². The van der Waals surface area contributed by atoms with E-state index in [0.717, 1.165) is 43.0 Å². The summed E-state index contributed by atoms with van der Waals surface area (Å²) >= 11 is 0. The van der Waals surface area contributed by atoms with E-state index in [-0.39, 0.29) is 0 Å². The highest BCUT2D eigenvalue weighted by Gasteiger charge is 2.27. The molecule has 0 saturated heterocycles. The van der Waals surface area contributed by atoms with Crippen LogP contribution in [0.15, 0.2) is 60.9 Å². The number of imidazole rings is 2. The lowest BCUT2D eigenvalue weighted by Gasteiger charge is -2.16. The van der Waals surface area contributed by atoms with E-state index in [1.54, 1.807) is 0 Å². The molecule has 2 N–H and O–H groups in total. The zero-order valence-electron chi connectivity index (χ0n) is 17.6. The quantitative estimate of drug-likeness (QED) is 0.531. The van der Waals surface area contributed by atoms with E-state index in [1.165, 1.54) is 22.7 Å². The Kier molecular flexibility index (Phi) is 3.92. The van der Waals surface area contributed by atoms with Crippen molar-refractivity contribution in [1.29, 1.82) is 0 Å². The number of H-pyrrole nitrogens is 2. The summed E-state index contributed by atoms with van der Waals surface area (Å²) < 4.78 is 0. The highest BCUT2D eigenvalue weighted by Crippen LogP contribution is 2.39. The van der Waals surface area contributed by atoms with Gasteiger partial charge in [-0.3, -0.25) is 9.80 Å². The first-order valence-corrected chi connectivity index (χ1v) is 10.4. The minimum atomic E-state index is 0.719. The van der Waals surface area contributed by atoms with Gasteiger partial charge < -0.3 is 19.8 Å². The van der Waals surface area contributed by atoms with Crippen LogP contribution in [0.4, 0.5) is 34.6 Å². The molecule has 0 atom stereocenters. The second kappa shape index (κ2) is 6.80. The molecular weight excluding hydrogens is 388 g/mol. The van der Waals surface area contributed by atoms with Gasteiger partial charge in [-0.25, -0.2) is 9.97 Å². The van der Waals surface area contributed by atoms with Crippen molar-refractivity contribution in [2.75, 3.05) is 47.0 Å². The van der Waals surface area contributed by atoms with Gasteiger partial charge in [0.2, 0.25) is 11.9 Å². The first-order valence-electron chi connectivity index (χ1n) is 10.4. The van der Waals surface area contributed by atoms with Crippen LogP contribution in [0.3, 0.4) is 0 Å². The van der Waals surface area contributed by atoms with E-state index in [2.05, 4.69) is 102 Å². The van der Waals surface area contributed by atoms with Crippen LogP contribution < -0.4 is 19.6 Å². The van der Waals surface area contributed by atoms with Gasteiger partial charge in [-0.15, -0.1) is 0 Å². The van der Waals surface area contributed by atoms with Gasteiger partial charge in [0.15, 0.2) is 0 Å². The first-order chi connectivity index (χ1) is 15.2. The van der Waals surface area contributed by atoms with E-state index in [1.807, 2.05) is 12.4 Å². The van der Waals surface area contributed by atoms with Crippen molar-refractivity contribution in [3.63, 3.8) is 0 Å². The number of para-hydroxylation sites is 4. The van der Waals surface area contributed by atoms with Crippen LogP contribution in [0, 0.1) is 0 Å². The minimum Gasteiger partial charge on any atom is -0.355 e. The van der Waals surface area contributed by atoms with Crippen molar-refractivity contribution in [2.24, 2.45) is 0 Å². The largest absolute Gasteiger partial charge is 0.355 e. The third-order valence-corrected chi connectivity index (χ3v) is 6.00. The molecule has 31 heavy (non-hydrogen) atoms. The third kappa shape index (κ3) is 2.91. The van der Waals surface area contributed by atoms with Crippen LogP contribution in [0.5, 0.6) is 0 Å². The Hall–Kier alpha value is -3.94. The Morgan fingerprint density at radius 3 is 1.55 bits per heavy atom. The number of aromatic amines is 2. The maximum absolute atomic E-state index is 4.64. The van der Waals surface area contributed by atoms with Crippen LogP contribution in [0.2, 0.25) is 0 Å². The monoisotopic (exact) mass is 412 g/mol. The zero-order valence-corrected chi connectivity index (χ0v) is 17.6. The maximum Gasteiger partial charge on any atom is 0.209 e. The third-order valence-electron chi connectivity index (χ3n) is 6.00. The average molecular weight is 413 g/mol. The Balaban J connectivity index is 1.21. The topological polar surface area (TPSA) is 70.3 Å². The van der Waals surface area contributed by atoms with Gasteiger partial charge in [0.05, 0.1) is 48.5 Å². The molecule has 8 nitrogen and oxygen atoms in total. The molecule has 2 aromatic heterocycles. The lowest BCUT2D eigenvalue weighted by atomic mass is 10.2. The Morgan fingerprint density at radius 2 is 1.10 bits per heavy atom. The molecule has 0 saturated carbocycles. The molecule has 2 aliphatic rings. The summed E-state index contributed by atoms with van der Waals surface area (Å²) in [6.07, 6.45) is 4.54. The van der Waals surface area contributed by atoms with Crippen molar-refractivity contribution >= 4 is 34.6 Å². The molecule has 6 rings (SSSR count). The molecule has 0 bridgehead atoms. The zero-order chi connectivity index (χ0) is 20.9. The molecule has 8 heteroatoms. The molecular formula is C23H24N8. The number of nitrogens with zero attached hydrogens (tertiary/aromatic N) is 6. The number of hydrogen-bond donors (Lipinski definition) is 2. The Labute approximate surface area is 180 Å². The summed E-state index contributed by atoms with van der Waals surface area (Å²) in [5.41, 5.74) is 6.88. The number of aromatic nitrogens is 4. The molecule has 0 aliphatic carbocycles. The van der Waals surface area contributed by atoms with Crippen LogP contribution in [-0.2, 0) is 6.42 Å². The van der Waals surface area contributed by atoms with E-state index in [4.69, 9.17) is 0 Å². The standard InChI is InChI=1S/C23H24N8/c1-28-14-30(20-9-5-3-7-18(20)28)22-24-12-16(26-22)11-17-13-25-23(27-17)31-15-29(2)19-8-4-6-10-21(19)31/h3-10,12-13H,11,14-15H2,1-2H3,(H,24,26)(H,25,27). The molecule has 0 fully saturated rings. The van der Waals surface area contributed by atoms with Gasteiger partial charge in [0.1, 0.15) is 0 Å². The first kappa shape index (κ1) is 17.9. The normalized spacial score (nSPS) is 15.0. The summed E-state index contributed by atoms with van der Waals surface area (Å²) in [5, 5.41) is 0. The van der Waals surface area contributed by atoms with E-state index < -0.39 is 0 Å². The molecule has 4 heterocycles. The van der Waals surface area contributed by atoms with Crippen molar-refractivity contribution in [3.05, 3.63) is 72.3 Å². The second-order valence-electron chi connectivity index (χ2n) is 8.15. The number of nitrogens with one attached hydrogen (secondary N) is 2. The Morgan fingerprint density at radius 1 is 0.677 bits per heavy atom.